The maximum atomic E-state index is 13.3. The fourth-order valence-electron chi connectivity index (χ4n) is 5.21. The Morgan fingerprint density at radius 1 is 1.16 bits per heavy atom. The fraction of sp³-hybridized carbons (Fsp3) is 0.842. The van der Waals surface area contributed by atoms with Gasteiger partial charge in [-0.25, -0.2) is 0 Å². The normalized spacial score (nSPS) is 25.5. The highest BCUT2D eigenvalue weighted by Gasteiger charge is 2.47. The molecule has 1 saturated heterocycles. The summed E-state index contributed by atoms with van der Waals surface area (Å²) in [4.78, 5) is 15.7. The lowest BCUT2D eigenvalue weighted by Gasteiger charge is -2.38. The average molecular weight is 345 g/mol. The van der Waals surface area contributed by atoms with Gasteiger partial charge in [-0.15, -0.1) is 10.2 Å². The number of nitrogens with zero attached hydrogens (tertiary/aromatic N) is 4. The van der Waals surface area contributed by atoms with E-state index in [4.69, 9.17) is 0 Å². The Bertz CT molecular complexity index is 595. The first kappa shape index (κ1) is 17.0. The summed E-state index contributed by atoms with van der Waals surface area (Å²) in [5.41, 5.74) is -0.275. The quantitative estimate of drug-likeness (QED) is 0.891. The number of hydrogen-bond donors (Lipinski definition) is 1. The van der Waals surface area contributed by atoms with Gasteiger partial charge < -0.3 is 9.88 Å². The van der Waals surface area contributed by atoms with Crippen molar-refractivity contribution >= 4 is 5.91 Å². The lowest BCUT2D eigenvalue weighted by Crippen LogP contribution is -2.56. The number of likely N-dealkylation sites (tertiary alicyclic amines) is 1. The lowest BCUT2D eigenvalue weighted by molar-refractivity contribution is -0.133. The molecule has 3 aliphatic rings. The maximum absolute atomic E-state index is 13.3. The van der Waals surface area contributed by atoms with E-state index in [1.165, 1.54) is 38.5 Å². The molecule has 0 unspecified atom stereocenters. The second-order valence-electron chi connectivity index (χ2n) is 8.16. The Kier molecular flexibility index (Phi) is 4.80. The van der Waals surface area contributed by atoms with Crippen molar-refractivity contribution in [1.82, 2.24) is 25.0 Å². The predicted octanol–water partition coefficient (Wildman–Crippen LogP) is 2.98. The summed E-state index contributed by atoms with van der Waals surface area (Å²) in [6.07, 6.45) is 13.6. The molecule has 0 aromatic carbocycles. The lowest BCUT2D eigenvalue weighted by atomic mass is 9.93. The molecule has 0 spiro atoms. The minimum absolute atomic E-state index is 0.0873. The van der Waals surface area contributed by atoms with Crippen molar-refractivity contribution in [2.75, 3.05) is 13.1 Å². The second kappa shape index (κ2) is 7.06. The van der Waals surface area contributed by atoms with E-state index in [0.717, 1.165) is 44.6 Å². The van der Waals surface area contributed by atoms with Gasteiger partial charge >= 0.3 is 0 Å². The predicted molar refractivity (Wildman–Crippen MR) is 96.1 cm³/mol. The minimum atomic E-state index is -0.275. The van der Waals surface area contributed by atoms with E-state index in [2.05, 4.69) is 31.9 Å². The third kappa shape index (κ3) is 3.09. The molecule has 6 heteroatoms. The zero-order chi connectivity index (χ0) is 17.3. The van der Waals surface area contributed by atoms with Gasteiger partial charge in [0, 0.05) is 6.04 Å². The van der Waals surface area contributed by atoms with E-state index in [9.17, 15) is 4.79 Å². The van der Waals surface area contributed by atoms with Gasteiger partial charge in [0.2, 0.25) is 5.91 Å². The number of aromatic nitrogens is 3. The molecule has 1 N–H and O–H groups in total. The molecule has 2 saturated carbocycles. The molecule has 0 bridgehead atoms. The molecule has 1 amide bonds. The van der Waals surface area contributed by atoms with Gasteiger partial charge in [-0.1, -0.05) is 25.7 Å². The average Bonchev–Trinajstić information content (AvgIpc) is 3.43. The van der Waals surface area contributed by atoms with Crippen LogP contribution < -0.4 is 5.32 Å². The topological polar surface area (TPSA) is 63.1 Å². The molecule has 25 heavy (non-hydrogen) atoms. The standard InChI is InChI=1S/C19H31N5O/c1-15(17-22-20-14-24(17)16-8-2-3-9-16)21-18(25)19(10-4-5-11-19)23-12-6-7-13-23/h14-16H,2-13H2,1H3,(H,21,25)/t15-/m1/s1. The largest absolute Gasteiger partial charge is 0.345 e. The molecule has 138 valence electrons. The first-order valence-electron chi connectivity index (χ1n) is 10.2. The van der Waals surface area contributed by atoms with Crippen LogP contribution in [-0.2, 0) is 4.79 Å². The number of carbonyl (C=O) groups is 1. The Balaban J connectivity index is 1.49. The molecule has 3 fully saturated rings. The summed E-state index contributed by atoms with van der Waals surface area (Å²) in [6, 6.07) is 0.416. The third-order valence-corrected chi connectivity index (χ3v) is 6.62. The van der Waals surface area contributed by atoms with Gasteiger partial charge in [0.1, 0.15) is 11.9 Å². The van der Waals surface area contributed by atoms with Crippen molar-refractivity contribution in [3.63, 3.8) is 0 Å². The van der Waals surface area contributed by atoms with Gasteiger partial charge in [0.25, 0.3) is 0 Å². The summed E-state index contributed by atoms with van der Waals surface area (Å²) in [6.45, 7) is 4.19. The highest BCUT2D eigenvalue weighted by molar-refractivity contribution is 5.87. The van der Waals surface area contributed by atoms with Crippen LogP contribution in [-0.4, -0.2) is 44.2 Å². The van der Waals surface area contributed by atoms with E-state index in [0.29, 0.717) is 6.04 Å². The summed E-state index contributed by atoms with van der Waals surface area (Å²) >= 11 is 0. The van der Waals surface area contributed by atoms with E-state index in [-0.39, 0.29) is 17.5 Å². The van der Waals surface area contributed by atoms with Crippen LogP contribution in [0.25, 0.3) is 0 Å². The Hall–Kier alpha value is -1.43. The van der Waals surface area contributed by atoms with Gasteiger partial charge in [0.05, 0.1) is 6.04 Å². The molecule has 1 aliphatic heterocycles. The number of carbonyl (C=O) groups excluding carboxylic acids is 1. The maximum Gasteiger partial charge on any atom is 0.241 e. The SMILES string of the molecule is C[C@@H](NC(=O)C1(N2CCCC2)CCCC1)c1nncn1C1CCCC1. The molecule has 0 radical (unpaired) electrons. The van der Waals surface area contributed by atoms with E-state index >= 15 is 0 Å². The van der Waals surface area contributed by atoms with Crippen molar-refractivity contribution in [2.24, 2.45) is 0 Å². The minimum Gasteiger partial charge on any atom is -0.345 e. The number of nitrogens with one attached hydrogen (secondary N) is 1. The van der Waals surface area contributed by atoms with Crippen molar-refractivity contribution < 1.29 is 4.79 Å². The van der Waals surface area contributed by atoms with Gasteiger partial charge in [-0.3, -0.25) is 9.69 Å². The molecule has 1 aromatic heterocycles. The van der Waals surface area contributed by atoms with E-state index < -0.39 is 0 Å². The van der Waals surface area contributed by atoms with Crippen LogP contribution in [0, 0.1) is 0 Å². The summed E-state index contributed by atoms with van der Waals surface area (Å²) < 4.78 is 2.20. The highest BCUT2D eigenvalue weighted by Crippen LogP contribution is 2.38. The van der Waals surface area contributed by atoms with Crippen LogP contribution in [0.15, 0.2) is 6.33 Å². The van der Waals surface area contributed by atoms with Crippen molar-refractivity contribution in [3.05, 3.63) is 12.2 Å². The molecule has 1 atom stereocenters. The van der Waals surface area contributed by atoms with Crippen molar-refractivity contribution in [1.29, 1.82) is 0 Å². The molecular formula is C19H31N5O. The Morgan fingerprint density at radius 2 is 1.84 bits per heavy atom. The molecule has 4 rings (SSSR count). The summed E-state index contributed by atoms with van der Waals surface area (Å²) in [5.74, 6) is 1.12. The van der Waals surface area contributed by atoms with Gasteiger partial charge in [0.15, 0.2) is 5.82 Å². The molecule has 1 aromatic rings. The Labute approximate surface area is 150 Å². The summed E-state index contributed by atoms with van der Waals surface area (Å²) in [5, 5.41) is 11.8. The second-order valence-corrected chi connectivity index (χ2v) is 8.16. The van der Waals surface area contributed by atoms with Crippen molar-refractivity contribution in [3.8, 4) is 0 Å². The molecular weight excluding hydrogens is 314 g/mol. The van der Waals surface area contributed by atoms with Crippen LogP contribution in [0.3, 0.4) is 0 Å². The zero-order valence-corrected chi connectivity index (χ0v) is 15.4. The first-order chi connectivity index (χ1) is 12.2. The van der Waals surface area contributed by atoms with Gasteiger partial charge in [-0.05, 0) is 58.5 Å². The number of amides is 1. The summed E-state index contributed by atoms with van der Waals surface area (Å²) in [7, 11) is 0. The van der Waals surface area contributed by atoms with Crippen LogP contribution in [0.1, 0.15) is 89.0 Å². The van der Waals surface area contributed by atoms with Crippen LogP contribution in [0.4, 0.5) is 0 Å². The molecule has 2 heterocycles. The number of rotatable bonds is 5. The molecule has 2 aliphatic carbocycles. The zero-order valence-electron chi connectivity index (χ0n) is 15.4. The van der Waals surface area contributed by atoms with E-state index in [1.54, 1.807) is 0 Å². The number of hydrogen-bond acceptors (Lipinski definition) is 4. The van der Waals surface area contributed by atoms with Gasteiger partial charge in [-0.2, -0.15) is 0 Å². The first-order valence-corrected chi connectivity index (χ1v) is 10.2. The highest BCUT2D eigenvalue weighted by atomic mass is 16.2. The van der Waals surface area contributed by atoms with Crippen LogP contribution >= 0.6 is 0 Å². The van der Waals surface area contributed by atoms with Crippen LogP contribution in [0.5, 0.6) is 0 Å². The van der Waals surface area contributed by atoms with Crippen LogP contribution in [0.2, 0.25) is 0 Å². The molecule has 6 nitrogen and oxygen atoms in total. The third-order valence-electron chi connectivity index (χ3n) is 6.62. The fourth-order valence-corrected chi connectivity index (χ4v) is 5.21. The Morgan fingerprint density at radius 3 is 2.52 bits per heavy atom. The van der Waals surface area contributed by atoms with E-state index in [1.807, 2.05) is 6.33 Å². The monoisotopic (exact) mass is 345 g/mol. The smallest absolute Gasteiger partial charge is 0.241 e. The van der Waals surface area contributed by atoms with Crippen molar-refractivity contribution in [2.45, 2.75) is 88.8 Å².